The fraction of sp³-hybridized carbons (Fsp3) is 0.455. The van der Waals surface area contributed by atoms with Gasteiger partial charge in [0.15, 0.2) is 0 Å². The second kappa shape index (κ2) is 9.74. The van der Waals surface area contributed by atoms with Crippen molar-refractivity contribution < 1.29 is 18.0 Å². The lowest BCUT2D eigenvalue weighted by molar-refractivity contribution is 0.213. The molecule has 4 rings (SSSR count). The van der Waals surface area contributed by atoms with E-state index in [9.17, 15) is 8.42 Å². The van der Waals surface area contributed by atoms with Crippen molar-refractivity contribution in [2.75, 3.05) is 43.4 Å². The third kappa shape index (κ3) is 4.81. The number of pyridine rings is 1. The molecule has 0 atom stereocenters. The van der Waals surface area contributed by atoms with Crippen molar-refractivity contribution in [2.24, 2.45) is 5.16 Å². The molecule has 1 aliphatic carbocycles. The first-order valence-corrected chi connectivity index (χ1v) is 12.2. The highest BCUT2D eigenvalue weighted by atomic mass is 32.2. The van der Waals surface area contributed by atoms with E-state index in [1.54, 1.807) is 19.2 Å². The monoisotopic (exact) mass is 459 g/mol. The van der Waals surface area contributed by atoms with Crippen molar-refractivity contribution in [3.63, 3.8) is 0 Å². The summed E-state index contributed by atoms with van der Waals surface area (Å²) >= 11 is 0. The van der Waals surface area contributed by atoms with Gasteiger partial charge in [0.2, 0.25) is 0 Å². The van der Waals surface area contributed by atoms with E-state index < -0.39 is 10.2 Å². The minimum Gasteiger partial charge on any atom is -0.494 e. The van der Waals surface area contributed by atoms with Crippen molar-refractivity contribution in [3.8, 4) is 5.75 Å². The molecule has 2 N–H and O–H groups in total. The maximum Gasteiger partial charge on any atom is 0.304 e. The summed E-state index contributed by atoms with van der Waals surface area (Å²) < 4.78 is 34.5. The summed E-state index contributed by atoms with van der Waals surface area (Å²) in [6.45, 7) is 2.00. The number of unbranched alkanes of at least 4 members (excludes halogenated alkanes) is 2. The molecular formula is C22H29N5O4S. The number of anilines is 2. The van der Waals surface area contributed by atoms with E-state index in [-0.39, 0.29) is 0 Å². The van der Waals surface area contributed by atoms with Gasteiger partial charge in [-0.1, -0.05) is 5.16 Å². The maximum atomic E-state index is 12.8. The lowest BCUT2D eigenvalue weighted by atomic mass is 10.1. The Hall–Kier alpha value is -2.85. The van der Waals surface area contributed by atoms with Gasteiger partial charge >= 0.3 is 10.2 Å². The molecule has 0 amide bonds. The molecule has 1 saturated heterocycles. The summed E-state index contributed by atoms with van der Waals surface area (Å²) in [7, 11) is -1.95. The van der Waals surface area contributed by atoms with E-state index in [2.05, 4.69) is 16.2 Å². The van der Waals surface area contributed by atoms with Gasteiger partial charge in [-0.15, -0.1) is 0 Å². The number of hydrogen-bond acceptors (Lipinski definition) is 7. The lowest BCUT2D eigenvalue weighted by Gasteiger charge is -2.20. The number of aromatic nitrogens is 1. The first-order chi connectivity index (χ1) is 15.5. The highest BCUT2D eigenvalue weighted by molar-refractivity contribution is 7.90. The third-order valence-electron chi connectivity index (χ3n) is 5.75. The highest BCUT2D eigenvalue weighted by Gasteiger charge is 2.36. The number of nitrogen functional groups attached to an aromatic ring is 1. The Kier molecular flexibility index (Phi) is 6.80. The van der Waals surface area contributed by atoms with Gasteiger partial charge in [-0.2, -0.15) is 12.7 Å². The number of nitrogens with two attached hydrogens (primary N) is 1. The van der Waals surface area contributed by atoms with Crippen LogP contribution in [0.25, 0.3) is 0 Å². The molecule has 2 aromatic rings. The van der Waals surface area contributed by atoms with Crippen molar-refractivity contribution in [1.29, 1.82) is 0 Å². The lowest BCUT2D eigenvalue weighted by Crippen LogP contribution is -2.33. The predicted molar refractivity (Wildman–Crippen MR) is 124 cm³/mol. The number of benzene rings is 1. The van der Waals surface area contributed by atoms with Gasteiger partial charge in [0.25, 0.3) is 0 Å². The molecule has 172 valence electrons. The average Bonchev–Trinajstić information content (AvgIpc) is 3.30. The molecule has 0 spiro atoms. The van der Waals surface area contributed by atoms with Crippen molar-refractivity contribution in [1.82, 2.24) is 9.29 Å². The summed E-state index contributed by atoms with van der Waals surface area (Å²) in [5, 5.41) is 4.08. The zero-order valence-electron chi connectivity index (χ0n) is 18.2. The Labute approximate surface area is 189 Å². The Bertz CT molecular complexity index is 1090. The van der Waals surface area contributed by atoms with Crippen molar-refractivity contribution in [3.05, 3.63) is 47.7 Å². The van der Waals surface area contributed by atoms with Crippen LogP contribution in [0.15, 0.2) is 41.7 Å². The van der Waals surface area contributed by atoms with Gasteiger partial charge in [0.1, 0.15) is 18.7 Å². The van der Waals surface area contributed by atoms with E-state index in [1.807, 2.05) is 12.1 Å². The number of rotatable bonds is 9. The molecule has 2 heterocycles. The van der Waals surface area contributed by atoms with Crippen LogP contribution in [0.2, 0.25) is 0 Å². The third-order valence-corrected chi connectivity index (χ3v) is 7.72. The molecule has 0 radical (unpaired) electrons. The topological polar surface area (TPSA) is 110 Å². The second-order valence-corrected chi connectivity index (χ2v) is 9.72. The smallest absolute Gasteiger partial charge is 0.304 e. The molecule has 2 aliphatic rings. The predicted octanol–water partition coefficient (Wildman–Crippen LogP) is 2.58. The number of oxime groups is 1. The van der Waals surface area contributed by atoms with Crippen LogP contribution in [0, 0.1) is 0 Å². The summed E-state index contributed by atoms with van der Waals surface area (Å²) in [5.41, 5.74) is 9.60. The van der Waals surface area contributed by atoms with Crippen LogP contribution in [-0.4, -0.2) is 56.8 Å². The quantitative estimate of drug-likeness (QED) is 0.456. The van der Waals surface area contributed by atoms with Crippen LogP contribution in [0.3, 0.4) is 0 Å². The molecule has 0 bridgehead atoms. The first kappa shape index (κ1) is 22.3. The van der Waals surface area contributed by atoms with Gasteiger partial charge < -0.3 is 15.3 Å². The fourth-order valence-corrected chi connectivity index (χ4v) is 5.79. The van der Waals surface area contributed by atoms with Crippen LogP contribution < -0.4 is 14.8 Å². The van der Waals surface area contributed by atoms with E-state index in [1.165, 1.54) is 20.4 Å². The van der Waals surface area contributed by atoms with Gasteiger partial charge in [0.05, 0.1) is 18.0 Å². The number of aryl methyl sites for hydroxylation is 1. The minimum atomic E-state index is -3.51. The largest absolute Gasteiger partial charge is 0.494 e. The van der Waals surface area contributed by atoms with Gasteiger partial charge in [-0.05, 0) is 61.9 Å². The second-order valence-electron chi connectivity index (χ2n) is 7.87. The van der Waals surface area contributed by atoms with E-state index in [0.717, 1.165) is 49.1 Å². The van der Waals surface area contributed by atoms with Crippen LogP contribution in [0.5, 0.6) is 5.75 Å². The molecular weight excluding hydrogens is 430 g/mol. The summed E-state index contributed by atoms with van der Waals surface area (Å²) in [6, 6.07) is 9.33. The molecule has 1 fully saturated rings. The Morgan fingerprint density at radius 3 is 2.81 bits per heavy atom. The average molecular weight is 460 g/mol. The standard InChI is InChI=1S/C22H29N5O4S/c1-30-25-21-8-5-17-15-19(6-7-20(17)21)31-14-4-2-3-11-26-12-13-27(32(26,28)29)18-9-10-24-22(23)16-18/h6-7,9-10,15-16H,2-5,8,11-14H2,1H3,(H2,23,24)/b25-21+. The van der Waals surface area contributed by atoms with E-state index in [0.29, 0.717) is 37.7 Å². The van der Waals surface area contributed by atoms with E-state index in [4.69, 9.17) is 15.3 Å². The molecule has 1 aromatic heterocycles. The van der Waals surface area contributed by atoms with Crippen LogP contribution in [0.1, 0.15) is 36.8 Å². The SMILES string of the molecule is CO/N=C1\CCc2cc(OCCCCCN3CCN(c4ccnc(N)c4)S3(=O)=O)ccc21. The number of fused-ring (bicyclic) bond motifs is 1. The maximum absolute atomic E-state index is 12.8. The summed E-state index contributed by atoms with van der Waals surface area (Å²) in [4.78, 5) is 8.83. The van der Waals surface area contributed by atoms with Crippen molar-refractivity contribution in [2.45, 2.75) is 32.1 Å². The summed E-state index contributed by atoms with van der Waals surface area (Å²) in [6.07, 6.45) is 5.90. The normalized spacial score (nSPS) is 18.8. The molecule has 10 heteroatoms. The summed E-state index contributed by atoms with van der Waals surface area (Å²) in [5.74, 6) is 1.17. The number of ether oxygens (including phenoxy) is 1. The van der Waals surface area contributed by atoms with Crippen LogP contribution >= 0.6 is 0 Å². The van der Waals surface area contributed by atoms with Crippen LogP contribution in [0.4, 0.5) is 11.5 Å². The van der Waals surface area contributed by atoms with Crippen molar-refractivity contribution >= 4 is 27.4 Å². The van der Waals surface area contributed by atoms with E-state index >= 15 is 0 Å². The van der Waals surface area contributed by atoms with Gasteiger partial charge in [-0.25, -0.2) is 4.98 Å². The first-order valence-electron chi connectivity index (χ1n) is 10.8. The Morgan fingerprint density at radius 1 is 1.12 bits per heavy atom. The van der Waals surface area contributed by atoms with Gasteiger partial charge in [-0.3, -0.25) is 4.31 Å². The van der Waals surface area contributed by atoms with Gasteiger partial charge in [0, 0.05) is 37.5 Å². The molecule has 1 aliphatic heterocycles. The zero-order valence-corrected chi connectivity index (χ0v) is 19.1. The number of nitrogens with zero attached hydrogens (tertiary/aromatic N) is 4. The molecule has 0 unspecified atom stereocenters. The Balaban J connectivity index is 1.20. The zero-order chi connectivity index (χ0) is 22.6. The molecule has 9 nitrogen and oxygen atoms in total. The highest BCUT2D eigenvalue weighted by Crippen LogP contribution is 2.28. The number of hydrogen-bond donors (Lipinski definition) is 1. The Morgan fingerprint density at radius 2 is 2.00 bits per heavy atom. The van der Waals surface area contributed by atoms with Crippen LogP contribution in [-0.2, 0) is 21.5 Å². The minimum absolute atomic E-state index is 0.308. The molecule has 1 aromatic carbocycles. The molecule has 32 heavy (non-hydrogen) atoms. The fourth-order valence-electron chi connectivity index (χ4n) is 4.15. The molecule has 0 saturated carbocycles.